The third kappa shape index (κ3) is 9.64. The molecule has 118 valence electrons. The number of amides is 1. The molecule has 0 saturated carbocycles. The van der Waals surface area contributed by atoms with Gasteiger partial charge in [0, 0.05) is 0 Å². The van der Waals surface area contributed by atoms with E-state index in [9.17, 15) is 9.59 Å². The number of rotatable bonds is 10. The highest BCUT2D eigenvalue weighted by Crippen LogP contribution is 2.07. The molecule has 0 aromatic carbocycles. The number of esters is 1. The highest BCUT2D eigenvalue weighted by Gasteiger charge is 2.23. The van der Waals surface area contributed by atoms with Crippen LogP contribution in [0.25, 0.3) is 0 Å². The van der Waals surface area contributed by atoms with E-state index < -0.39 is 12.1 Å². The lowest BCUT2D eigenvalue weighted by Crippen LogP contribution is -2.43. The normalized spacial score (nSPS) is 12.1. The van der Waals surface area contributed by atoms with Gasteiger partial charge in [0.25, 0.3) is 0 Å². The van der Waals surface area contributed by atoms with Crippen molar-refractivity contribution in [2.45, 2.75) is 65.8 Å². The molecule has 0 aromatic heterocycles. The van der Waals surface area contributed by atoms with E-state index in [1.165, 1.54) is 0 Å². The van der Waals surface area contributed by atoms with Crippen molar-refractivity contribution in [1.82, 2.24) is 5.32 Å². The molecule has 0 heterocycles. The fraction of sp³-hybridized carbons (Fsp3) is 0.867. The van der Waals surface area contributed by atoms with Crippen LogP contribution >= 0.6 is 0 Å². The average Bonchev–Trinajstić information content (AvgIpc) is 2.38. The van der Waals surface area contributed by atoms with E-state index >= 15 is 0 Å². The van der Waals surface area contributed by atoms with Crippen molar-refractivity contribution in [3.63, 3.8) is 0 Å². The van der Waals surface area contributed by atoms with Gasteiger partial charge in [-0.3, -0.25) is 0 Å². The minimum atomic E-state index is -0.624. The van der Waals surface area contributed by atoms with Gasteiger partial charge in [-0.1, -0.05) is 40.5 Å². The molecule has 5 heteroatoms. The third-order valence-electron chi connectivity index (χ3n) is 2.76. The monoisotopic (exact) mass is 287 g/mol. The summed E-state index contributed by atoms with van der Waals surface area (Å²) in [6.07, 6.45) is 3.59. The summed E-state index contributed by atoms with van der Waals surface area (Å²) in [6.45, 7) is 8.82. The Kier molecular flexibility index (Phi) is 10.8. The van der Waals surface area contributed by atoms with Gasteiger partial charge in [0.1, 0.15) is 6.04 Å². The molecule has 1 unspecified atom stereocenters. The maximum absolute atomic E-state index is 11.9. The van der Waals surface area contributed by atoms with Crippen molar-refractivity contribution in [2.75, 3.05) is 13.2 Å². The predicted molar refractivity (Wildman–Crippen MR) is 78.5 cm³/mol. The Morgan fingerprint density at radius 1 is 1.00 bits per heavy atom. The van der Waals surface area contributed by atoms with E-state index in [1.807, 2.05) is 27.7 Å². The van der Waals surface area contributed by atoms with Crippen molar-refractivity contribution in [3.8, 4) is 0 Å². The second-order valence-corrected chi connectivity index (χ2v) is 5.34. The Labute approximate surface area is 122 Å². The quantitative estimate of drug-likeness (QED) is 0.495. The van der Waals surface area contributed by atoms with Crippen LogP contribution in [0.3, 0.4) is 0 Å². The number of carbonyl (C=O) groups is 2. The van der Waals surface area contributed by atoms with Gasteiger partial charge in [-0.2, -0.15) is 0 Å². The van der Waals surface area contributed by atoms with Gasteiger partial charge < -0.3 is 14.8 Å². The number of alkyl carbamates (subject to hydrolysis) is 1. The zero-order valence-electron chi connectivity index (χ0n) is 13.2. The highest BCUT2D eigenvalue weighted by molar-refractivity contribution is 5.81. The molecule has 0 fully saturated rings. The van der Waals surface area contributed by atoms with E-state index in [2.05, 4.69) is 5.32 Å². The standard InChI is InChI=1S/C15H29NO4/c1-5-7-9-19-14(17)13(11-12(3)4)16-15(18)20-10-8-6-2/h12-13H,5-11H2,1-4H3,(H,16,18). The predicted octanol–water partition coefficient (Wildman–Crippen LogP) is 3.27. The van der Waals surface area contributed by atoms with Crippen LogP contribution in [0.4, 0.5) is 4.79 Å². The zero-order valence-corrected chi connectivity index (χ0v) is 13.2. The maximum Gasteiger partial charge on any atom is 0.407 e. The van der Waals surface area contributed by atoms with E-state index in [0.29, 0.717) is 19.6 Å². The number of hydrogen-bond donors (Lipinski definition) is 1. The molecular weight excluding hydrogens is 258 g/mol. The Hall–Kier alpha value is -1.26. The van der Waals surface area contributed by atoms with Crippen molar-refractivity contribution >= 4 is 12.1 Å². The van der Waals surface area contributed by atoms with Crippen molar-refractivity contribution in [2.24, 2.45) is 5.92 Å². The van der Waals surface area contributed by atoms with Crippen LogP contribution in [-0.4, -0.2) is 31.3 Å². The summed E-state index contributed by atoms with van der Waals surface area (Å²) in [5, 5.41) is 2.60. The number of carbonyl (C=O) groups excluding carboxylic acids is 2. The fourth-order valence-electron chi connectivity index (χ4n) is 1.60. The van der Waals surface area contributed by atoms with Crippen LogP contribution in [0.5, 0.6) is 0 Å². The minimum absolute atomic E-state index is 0.287. The second kappa shape index (κ2) is 11.6. The molecule has 0 radical (unpaired) electrons. The molecule has 1 atom stereocenters. The summed E-state index contributed by atoms with van der Waals surface area (Å²) in [6, 6.07) is -0.624. The summed E-state index contributed by atoms with van der Waals surface area (Å²) in [5.74, 6) is -0.0886. The molecule has 0 aromatic rings. The molecule has 0 aliphatic heterocycles. The van der Waals surface area contributed by atoms with Crippen LogP contribution in [0, 0.1) is 5.92 Å². The smallest absolute Gasteiger partial charge is 0.407 e. The van der Waals surface area contributed by atoms with Crippen LogP contribution < -0.4 is 5.32 Å². The van der Waals surface area contributed by atoms with E-state index in [1.54, 1.807) is 0 Å². The lowest BCUT2D eigenvalue weighted by molar-refractivity contribution is -0.146. The largest absolute Gasteiger partial charge is 0.464 e. The molecule has 0 bridgehead atoms. The van der Waals surface area contributed by atoms with E-state index in [4.69, 9.17) is 9.47 Å². The molecular formula is C15H29NO4. The van der Waals surface area contributed by atoms with Crippen LogP contribution in [-0.2, 0) is 14.3 Å². The first kappa shape index (κ1) is 18.7. The highest BCUT2D eigenvalue weighted by atomic mass is 16.6. The van der Waals surface area contributed by atoms with Crippen LogP contribution in [0.1, 0.15) is 59.8 Å². The van der Waals surface area contributed by atoms with Gasteiger partial charge in [-0.15, -0.1) is 0 Å². The molecule has 1 amide bonds. The molecule has 20 heavy (non-hydrogen) atoms. The van der Waals surface area contributed by atoms with Gasteiger partial charge in [0.2, 0.25) is 0 Å². The van der Waals surface area contributed by atoms with Gasteiger partial charge >= 0.3 is 12.1 Å². The van der Waals surface area contributed by atoms with E-state index in [-0.39, 0.29) is 11.9 Å². The minimum Gasteiger partial charge on any atom is -0.464 e. The number of nitrogens with one attached hydrogen (secondary N) is 1. The first-order valence-corrected chi connectivity index (χ1v) is 7.61. The lowest BCUT2D eigenvalue weighted by atomic mass is 10.0. The Morgan fingerprint density at radius 3 is 2.05 bits per heavy atom. The summed E-state index contributed by atoms with van der Waals surface area (Å²) in [7, 11) is 0. The van der Waals surface area contributed by atoms with Crippen molar-refractivity contribution < 1.29 is 19.1 Å². The summed E-state index contributed by atoms with van der Waals surface area (Å²) in [5.41, 5.74) is 0. The first-order chi connectivity index (χ1) is 9.51. The van der Waals surface area contributed by atoms with Crippen molar-refractivity contribution in [1.29, 1.82) is 0 Å². The molecule has 5 nitrogen and oxygen atoms in total. The van der Waals surface area contributed by atoms with E-state index in [0.717, 1.165) is 25.7 Å². The van der Waals surface area contributed by atoms with Crippen LogP contribution in [0.2, 0.25) is 0 Å². The maximum atomic E-state index is 11.9. The topological polar surface area (TPSA) is 64.6 Å². The van der Waals surface area contributed by atoms with Gasteiger partial charge in [-0.05, 0) is 25.2 Å². The fourth-order valence-corrected chi connectivity index (χ4v) is 1.60. The summed E-state index contributed by atoms with van der Waals surface area (Å²) < 4.78 is 10.2. The second-order valence-electron chi connectivity index (χ2n) is 5.34. The lowest BCUT2D eigenvalue weighted by Gasteiger charge is -2.19. The Bertz CT molecular complexity index is 279. The molecule has 0 saturated heterocycles. The van der Waals surface area contributed by atoms with Gasteiger partial charge in [0.15, 0.2) is 0 Å². The van der Waals surface area contributed by atoms with Crippen LogP contribution in [0.15, 0.2) is 0 Å². The average molecular weight is 287 g/mol. The van der Waals surface area contributed by atoms with Gasteiger partial charge in [0.05, 0.1) is 13.2 Å². The number of hydrogen-bond acceptors (Lipinski definition) is 4. The Morgan fingerprint density at radius 2 is 1.55 bits per heavy atom. The SMILES string of the molecule is CCCCOC(=O)NC(CC(C)C)C(=O)OCCCC. The van der Waals surface area contributed by atoms with Crippen molar-refractivity contribution in [3.05, 3.63) is 0 Å². The summed E-state index contributed by atoms with van der Waals surface area (Å²) >= 11 is 0. The molecule has 0 spiro atoms. The Balaban J connectivity index is 4.25. The number of ether oxygens (including phenoxy) is 2. The third-order valence-corrected chi connectivity index (χ3v) is 2.76. The first-order valence-electron chi connectivity index (χ1n) is 7.61. The zero-order chi connectivity index (χ0) is 15.4. The number of unbranched alkanes of at least 4 members (excludes halogenated alkanes) is 2. The molecule has 0 rings (SSSR count). The molecule has 0 aliphatic rings. The van der Waals surface area contributed by atoms with Gasteiger partial charge in [-0.25, -0.2) is 9.59 Å². The molecule has 1 N–H and O–H groups in total. The summed E-state index contributed by atoms with van der Waals surface area (Å²) in [4.78, 5) is 23.5. The molecule has 0 aliphatic carbocycles.